The molecule has 0 aromatic carbocycles. The Morgan fingerprint density at radius 1 is 1.47 bits per heavy atom. The minimum atomic E-state index is -3.15. The highest BCUT2D eigenvalue weighted by Crippen LogP contribution is 2.22. The van der Waals surface area contributed by atoms with Gasteiger partial charge in [0.15, 0.2) is 5.16 Å². The number of rotatable bonds is 4. The Bertz CT molecular complexity index is 475. The van der Waals surface area contributed by atoms with Crippen LogP contribution in [0.25, 0.3) is 0 Å². The molecular weight excluding hydrogens is 260 g/mol. The van der Waals surface area contributed by atoms with Crippen molar-refractivity contribution in [3.8, 4) is 0 Å². The standard InChI is InChI=1S/C9H18N4O2S2/c1-9(2,3)13-8(10-6-11-13)16-7-12(4)17(5,14)15/h6H,7H2,1-5H3. The van der Waals surface area contributed by atoms with Gasteiger partial charge in [-0.25, -0.2) is 18.1 Å². The summed E-state index contributed by atoms with van der Waals surface area (Å²) in [6, 6.07) is 0. The van der Waals surface area contributed by atoms with E-state index in [0.29, 0.717) is 11.0 Å². The molecule has 8 heteroatoms. The minimum Gasteiger partial charge on any atom is -0.235 e. The van der Waals surface area contributed by atoms with Crippen LogP contribution in [0.3, 0.4) is 0 Å². The number of sulfonamides is 1. The highest BCUT2D eigenvalue weighted by Gasteiger charge is 2.20. The summed E-state index contributed by atoms with van der Waals surface area (Å²) in [7, 11) is -1.61. The lowest BCUT2D eigenvalue weighted by molar-refractivity contribution is 0.326. The van der Waals surface area contributed by atoms with Crippen LogP contribution in [0.4, 0.5) is 0 Å². The molecule has 0 aliphatic heterocycles. The Balaban J connectivity index is 2.75. The second kappa shape index (κ2) is 4.95. The first-order valence-corrected chi connectivity index (χ1v) is 7.90. The van der Waals surface area contributed by atoms with E-state index in [0.717, 1.165) is 0 Å². The molecule has 17 heavy (non-hydrogen) atoms. The van der Waals surface area contributed by atoms with Gasteiger partial charge in [-0.1, -0.05) is 11.8 Å². The van der Waals surface area contributed by atoms with E-state index in [2.05, 4.69) is 10.1 Å². The van der Waals surface area contributed by atoms with Gasteiger partial charge in [-0.2, -0.15) is 9.40 Å². The molecule has 0 aliphatic carbocycles. The van der Waals surface area contributed by atoms with Gasteiger partial charge < -0.3 is 0 Å². The van der Waals surface area contributed by atoms with E-state index in [4.69, 9.17) is 0 Å². The fourth-order valence-corrected chi connectivity index (χ4v) is 2.82. The molecule has 0 spiro atoms. The summed E-state index contributed by atoms with van der Waals surface area (Å²) in [6.07, 6.45) is 2.66. The Morgan fingerprint density at radius 2 is 2.06 bits per heavy atom. The van der Waals surface area contributed by atoms with E-state index in [-0.39, 0.29) is 5.54 Å². The Labute approximate surface area is 106 Å². The molecule has 6 nitrogen and oxygen atoms in total. The Kier molecular flexibility index (Phi) is 4.21. The highest BCUT2D eigenvalue weighted by molar-refractivity contribution is 8.00. The molecule has 1 aromatic heterocycles. The molecule has 0 bridgehead atoms. The molecule has 0 fully saturated rings. The predicted molar refractivity (Wildman–Crippen MR) is 68.3 cm³/mol. The summed E-state index contributed by atoms with van der Waals surface area (Å²) >= 11 is 1.35. The first kappa shape index (κ1) is 14.5. The van der Waals surface area contributed by atoms with Gasteiger partial charge in [0.05, 0.1) is 17.7 Å². The molecule has 0 aliphatic rings. The normalized spacial score (nSPS) is 13.3. The van der Waals surface area contributed by atoms with Gasteiger partial charge in [0.2, 0.25) is 10.0 Å². The first-order valence-electron chi connectivity index (χ1n) is 5.07. The maximum atomic E-state index is 11.2. The lowest BCUT2D eigenvalue weighted by Crippen LogP contribution is -2.27. The minimum absolute atomic E-state index is 0.164. The summed E-state index contributed by atoms with van der Waals surface area (Å²) in [5.74, 6) is 0.327. The van der Waals surface area contributed by atoms with Crippen LogP contribution in [0.5, 0.6) is 0 Å². The average Bonchev–Trinajstić information content (AvgIpc) is 2.59. The second-order valence-corrected chi connectivity index (χ2v) is 7.76. The van der Waals surface area contributed by atoms with Gasteiger partial charge in [-0.15, -0.1) is 0 Å². The molecule has 0 atom stereocenters. The van der Waals surface area contributed by atoms with Crippen LogP contribution in [-0.4, -0.2) is 46.7 Å². The van der Waals surface area contributed by atoms with Crippen molar-refractivity contribution in [3.05, 3.63) is 6.33 Å². The van der Waals surface area contributed by atoms with Gasteiger partial charge in [-0.3, -0.25) is 0 Å². The molecule has 0 N–H and O–H groups in total. The maximum Gasteiger partial charge on any atom is 0.211 e. The molecule has 98 valence electrons. The van der Waals surface area contributed by atoms with Crippen LogP contribution in [0, 0.1) is 0 Å². The third-order valence-electron chi connectivity index (χ3n) is 2.09. The van der Waals surface area contributed by atoms with Gasteiger partial charge in [0.25, 0.3) is 0 Å². The van der Waals surface area contributed by atoms with Gasteiger partial charge in [0.1, 0.15) is 6.33 Å². The summed E-state index contributed by atoms with van der Waals surface area (Å²) < 4.78 is 25.5. The lowest BCUT2D eigenvalue weighted by Gasteiger charge is -2.21. The Morgan fingerprint density at radius 3 is 2.53 bits per heavy atom. The van der Waals surface area contributed by atoms with Crippen molar-refractivity contribution in [2.75, 3.05) is 19.2 Å². The van der Waals surface area contributed by atoms with Crippen molar-refractivity contribution < 1.29 is 8.42 Å². The van der Waals surface area contributed by atoms with Crippen molar-refractivity contribution in [1.82, 2.24) is 19.1 Å². The molecule has 1 heterocycles. The largest absolute Gasteiger partial charge is 0.235 e. The van der Waals surface area contributed by atoms with Crippen LogP contribution < -0.4 is 0 Å². The zero-order valence-corrected chi connectivity index (χ0v) is 12.3. The summed E-state index contributed by atoms with van der Waals surface area (Å²) in [4.78, 5) is 4.13. The lowest BCUT2D eigenvalue weighted by atomic mass is 10.1. The van der Waals surface area contributed by atoms with Crippen LogP contribution in [0.2, 0.25) is 0 Å². The number of hydrogen-bond donors (Lipinski definition) is 0. The predicted octanol–water partition coefficient (Wildman–Crippen LogP) is 0.974. The van der Waals surface area contributed by atoms with Gasteiger partial charge in [-0.05, 0) is 20.8 Å². The third-order valence-corrected chi connectivity index (χ3v) is 4.57. The van der Waals surface area contributed by atoms with Crippen LogP contribution >= 0.6 is 11.8 Å². The van der Waals surface area contributed by atoms with Crippen LogP contribution in [-0.2, 0) is 15.6 Å². The fourth-order valence-electron chi connectivity index (χ4n) is 1.03. The SMILES string of the molecule is CN(CSc1ncnn1C(C)(C)C)S(C)(=O)=O. The van der Waals surface area contributed by atoms with Gasteiger partial charge in [0, 0.05) is 7.05 Å². The number of hydrogen-bond acceptors (Lipinski definition) is 5. The summed E-state index contributed by atoms with van der Waals surface area (Å²) in [6.45, 7) is 6.06. The van der Waals surface area contributed by atoms with Crippen molar-refractivity contribution >= 4 is 21.8 Å². The molecule has 0 unspecified atom stereocenters. The van der Waals surface area contributed by atoms with E-state index < -0.39 is 10.0 Å². The van der Waals surface area contributed by atoms with Crippen molar-refractivity contribution in [1.29, 1.82) is 0 Å². The fraction of sp³-hybridized carbons (Fsp3) is 0.778. The highest BCUT2D eigenvalue weighted by atomic mass is 32.2. The summed E-state index contributed by atoms with van der Waals surface area (Å²) in [5.41, 5.74) is -0.164. The van der Waals surface area contributed by atoms with Gasteiger partial charge >= 0.3 is 0 Å². The molecule has 0 saturated heterocycles. The second-order valence-electron chi connectivity index (χ2n) is 4.76. The molecule has 0 radical (unpaired) electrons. The van der Waals surface area contributed by atoms with E-state index >= 15 is 0 Å². The molecular formula is C9H18N4O2S2. The van der Waals surface area contributed by atoms with E-state index in [9.17, 15) is 8.42 Å². The van der Waals surface area contributed by atoms with Crippen molar-refractivity contribution in [3.63, 3.8) is 0 Å². The molecule has 0 amide bonds. The molecule has 0 saturated carbocycles. The van der Waals surface area contributed by atoms with Crippen LogP contribution in [0.15, 0.2) is 11.5 Å². The quantitative estimate of drug-likeness (QED) is 0.606. The zero-order chi connectivity index (χ0) is 13.3. The van der Waals surface area contributed by atoms with E-state index in [1.165, 1.54) is 28.7 Å². The molecule has 1 aromatic rings. The van der Waals surface area contributed by atoms with Crippen LogP contribution in [0.1, 0.15) is 20.8 Å². The molecule has 1 rings (SSSR count). The van der Waals surface area contributed by atoms with Crippen molar-refractivity contribution in [2.45, 2.75) is 31.5 Å². The Hall–Kier alpha value is -0.600. The third kappa shape index (κ3) is 3.97. The monoisotopic (exact) mass is 278 g/mol. The maximum absolute atomic E-state index is 11.2. The van der Waals surface area contributed by atoms with E-state index in [1.54, 1.807) is 11.7 Å². The number of aromatic nitrogens is 3. The van der Waals surface area contributed by atoms with Crippen molar-refractivity contribution in [2.24, 2.45) is 0 Å². The first-order chi connectivity index (χ1) is 7.62. The topological polar surface area (TPSA) is 68.1 Å². The zero-order valence-electron chi connectivity index (χ0n) is 10.7. The van der Waals surface area contributed by atoms with E-state index in [1.807, 2.05) is 20.8 Å². The number of nitrogens with zero attached hydrogens (tertiary/aromatic N) is 4. The smallest absolute Gasteiger partial charge is 0.211 e. The number of thioether (sulfide) groups is 1. The summed E-state index contributed by atoms with van der Waals surface area (Å²) in [5, 5.41) is 4.86. The average molecular weight is 278 g/mol.